The first-order chi connectivity index (χ1) is 4.57. The van der Waals surface area contributed by atoms with Crippen LogP contribution in [0.3, 0.4) is 0 Å². The lowest BCUT2D eigenvalue weighted by molar-refractivity contribution is -0.141. The Labute approximate surface area is 66.0 Å². The van der Waals surface area contributed by atoms with Crippen molar-refractivity contribution in [2.75, 3.05) is 5.75 Å². The Hall–Kier alpha value is -0.220. The number of thiol groups is 1. The Kier molecular flexibility index (Phi) is 4.47. The molecule has 0 aromatic rings. The highest BCUT2D eigenvalue weighted by Crippen LogP contribution is 2.04. The molecule has 0 heterocycles. The second-order valence-corrected chi connectivity index (χ2v) is 2.78. The summed E-state index contributed by atoms with van der Waals surface area (Å²) in [4.78, 5) is 10.3. The summed E-state index contributed by atoms with van der Waals surface area (Å²) in [5.74, 6) is -0.614. The lowest BCUT2D eigenvalue weighted by atomic mass is 10.0. The zero-order valence-corrected chi connectivity index (χ0v) is 6.84. The molecule has 0 radical (unpaired) electrons. The van der Waals surface area contributed by atoms with Gasteiger partial charge in [0.25, 0.3) is 0 Å². The van der Waals surface area contributed by atoms with Gasteiger partial charge in [0, 0.05) is 11.8 Å². The van der Waals surface area contributed by atoms with E-state index in [2.05, 4.69) is 12.6 Å². The van der Waals surface area contributed by atoms with Crippen molar-refractivity contribution in [1.29, 1.82) is 0 Å². The van der Waals surface area contributed by atoms with Gasteiger partial charge in [0.1, 0.15) is 0 Å². The summed E-state index contributed by atoms with van der Waals surface area (Å²) in [6.45, 7) is 1.64. The smallest absolute Gasteiger partial charge is 0.306 e. The second kappa shape index (κ2) is 4.57. The van der Waals surface area contributed by atoms with Crippen LogP contribution in [0.25, 0.3) is 0 Å². The molecule has 2 atom stereocenters. The van der Waals surface area contributed by atoms with E-state index in [-0.39, 0.29) is 12.0 Å². The minimum Gasteiger partial charge on any atom is -0.481 e. The van der Waals surface area contributed by atoms with Crippen LogP contribution in [-0.2, 0) is 4.79 Å². The zero-order valence-electron chi connectivity index (χ0n) is 5.95. The highest BCUT2D eigenvalue weighted by Gasteiger charge is 2.13. The van der Waals surface area contributed by atoms with E-state index in [4.69, 9.17) is 10.8 Å². The number of aliphatic carboxylic acids is 1. The predicted molar refractivity (Wildman–Crippen MR) is 43.2 cm³/mol. The number of nitrogens with two attached hydrogens (primary N) is 1. The van der Waals surface area contributed by atoms with E-state index in [0.717, 1.165) is 0 Å². The Morgan fingerprint density at radius 2 is 2.30 bits per heavy atom. The second-order valence-electron chi connectivity index (χ2n) is 2.42. The molecular weight excluding hydrogens is 150 g/mol. The van der Waals surface area contributed by atoms with Crippen LogP contribution >= 0.6 is 12.6 Å². The number of carboxylic acids is 1. The van der Waals surface area contributed by atoms with Crippen molar-refractivity contribution < 1.29 is 9.90 Å². The molecule has 0 aromatic heterocycles. The van der Waals surface area contributed by atoms with Crippen molar-refractivity contribution in [2.24, 2.45) is 11.7 Å². The zero-order chi connectivity index (χ0) is 8.15. The first kappa shape index (κ1) is 9.78. The van der Waals surface area contributed by atoms with Crippen molar-refractivity contribution in [3.8, 4) is 0 Å². The van der Waals surface area contributed by atoms with Gasteiger partial charge in [-0.2, -0.15) is 12.6 Å². The van der Waals surface area contributed by atoms with E-state index >= 15 is 0 Å². The molecule has 3 nitrogen and oxygen atoms in total. The van der Waals surface area contributed by atoms with Crippen molar-refractivity contribution in [3.63, 3.8) is 0 Å². The van der Waals surface area contributed by atoms with E-state index in [9.17, 15) is 4.79 Å². The molecule has 3 N–H and O–H groups in total. The molecular formula is C6H13NO2S. The number of hydrogen-bond donors (Lipinski definition) is 3. The fourth-order valence-electron chi connectivity index (χ4n) is 0.629. The molecule has 0 saturated carbocycles. The van der Waals surface area contributed by atoms with Crippen LogP contribution in [0.1, 0.15) is 13.3 Å². The number of carboxylic acid groups (broad SMARTS) is 1. The lowest BCUT2D eigenvalue weighted by Gasteiger charge is -2.10. The van der Waals surface area contributed by atoms with Gasteiger partial charge in [-0.1, -0.05) is 6.92 Å². The van der Waals surface area contributed by atoms with Crippen LogP contribution < -0.4 is 5.73 Å². The van der Waals surface area contributed by atoms with E-state index in [1.54, 1.807) is 6.92 Å². The molecule has 10 heavy (non-hydrogen) atoms. The topological polar surface area (TPSA) is 63.3 Å². The van der Waals surface area contributed by atoms with Crippen molar-refractivity contribution >= 4 is 18.6 Å². The highest BCUT2D eigenvalue weighted by atomic mass is 32.1. The summed E-state index contributed by atoms with van der Waals surface area (Å²) < 4.78 is 0. The normalized spacial score (nSPS) is 16.3. The maximum Gasteiger partial charge on any atom is 0.306 e. The minimum atomic E-state index is -0.794. The summed E-state index contributed by atoms with van der Waals surface area (Å²) >= 11 is 3.94. The van der Waals surface area contributed by atoms with Gasteiger partial charge >= 0.3 is 5.97 Å². The lowest BCUT2D eigenvalue weighted by Crippen LogP contribution is -2.27. The fourth-order valence-corrected chi connectivity index (χ4v) is 0.779. The molecule has 0 bridgehead atoms. The van der Waals surface area contributed by atoms with Crippen molar-refractivity contribution in [1.82, 2.24) is 0 Å². The van der Waals surface area contributed by atoms with Gasteiger partial charge in [0.2, 0.25) is 0 Å². The van der Waals surface area contributed by atoms with Crippen LogP contribution in [0.5, 0.6) is 0 Å². The minimum absolute atomic E-state index is 0.102. The van der Waals surface area contributed by atoms with Gasteiger partial charge < -0.3 is 10.8 Å². The van der Waals surface area contributed by atoms with Crippen molar-refractivity contribution in [3.05, 3.63) is 0 Å². The third-order valence-corrected chi connectivity index (χ3v) is 1.78. The quantitative estimate of drug-likeness (QED) is 0.524. The maximum absolute atomic E-state index is 10.3. The van der Waals surface area contributed by atoms with E-state index in [0.29, 0.717) is 12.2 Å². The number of hydrogen-bond acceptors (Lipinski definition) is 3. The molecule has 4 heteroatoms. The Balaban J connectivity index is 3.56. The maximum atomic E-state index is 10.3. The third kappa shape index (κ3) is 3.74. The SMILES string of the molecule is C[C@H](C[C@@H](N)CS)C(=O)O. The molecule has 0 rings (SSSR count). The molecule has 60 valence electrons. The van der Waals surface area contributed by atoms with Gasteiger partial charge in [-0.25, -0.2) is 0 Å². The van der Waals surface area contributed by atoms with Gasteiger partial charge in [0.05, 0.1) is 5.92 Å². The molecule has 0 aromatic carbocycles. The Bertz CT molecular complexity index is 118. The average Bonchev–Trinajstić information content (AvgIpc) is 1.87. The van der Waals surface area contributed by atoms with Crippen LogP contribution in [0, 0.1) is 5.92 Å². The van der Waals surface area contributed by atoms with Gasteiger partial charge in [-0.3, -0.25) is 4.79 Å². The first-order valence-electron chi connectivity index (χ1n) is 3.17. The fraction of sp³-hybridized carbons (Fsp3) is 0.833. The van der Waals surface area contributed by atoms with Crippen molar-refractivity contribution in [2.45, 2.75) is 19.4 Å². The van der Waals surface area contributed by atoms with Crippen LogP contribution in [0.4, 0.5) is 0 Å². The van der Waals surface area contributed by atoms with Gasteiger partial charge in [-0.15, -0.1) is 0 Å². The largest absolute Gasteiger partial charge is 0.481 e. The van der Waals surface area contributed by atoms with Crippen LogP contribution in [0.15, 0.2) is 0 Å². The molecule has 0 aliphatic rings. The van der Waals surface area contributed by atoms with Crippen LogP contribution in [0.2, 0.25) is 0 Å². The van der Waals surface area contributed by atoms with Gasteiger partial charge in [-0.05, 0) is 6.42 Å². The van der Waals surface area contributed by atoms with E-state index in [1.807, 2.05) is 0 Å². The standard InChI is InChI=1S/C6H13NO2S/c1-4(6(8)9)2-5(7)3-10/h4-5,10H,2-3,7H2,1H3,(H,8,9)/t4-,5-/m1/s1. The first-order valence-corrected chi connectivity index (χ1v) is 3.80. The Morgan fingerprint density at radius 3 is 2.60 bits per heavy atom. The molecule has 0 spiro atoms. The summed E-state index contributed by atoms with van der Waals surface area (Å²) in [5.41, 5.74) is 5.47. The van der Waals surface area contributed by atoms with Crippen LogP contribution in [-0.4, -0.2) is 22.9 Å². The third-order valence-electron chi connectivity index (χ3n) is 1.31. The predicted octanol–water partition coefficient (Wildman–Crippen LogP) is 0.354. The average molecular weight is 163 g/mol. The molecule has 0 saturated heterocycles. The summed E-state index contributed by atoms with van der Waals surface area (Å²) in [5, 5.41) is 8.45. The summed E-state index contributed by atoms with van der Waals surface area (Å²) in [7, 11) is 0. The monoisotopic (exact) mass is 163 g/mol. The van der Waals surface area contributed by atoms with Gasteiger partial charge in [0.15, 0.2) is 0 Å². The number of carbonyl (C=O) groups is 1. The van der Waals surface area contributed by atoms with E-state index < -0.39 is 5.97 Å². The molecule has 0 aliphatic carbocycles. The molecule has 0 amide bonds. The number of rotatable bonds is 4. The summed E-state index contributed by atoms with van der Waals surface area (Å²) in [6, 6.07) is -0.102. The molecule has 0 fully saturated rings. The highest BCUT2D eigenvalue weighted by molar-refractivity contribution is 7.80. The molecule has 0 unspecified atom stereocenters. The Morgan fingerprint density at radius 1 is 1.80 bits per heavy atom. The van der Waals surface area contributed by atoms with E-state index in [1.165, 1.54) is 0 Å². The molecule has 0 aliphatic heterocycles. The summed E-state index contributed by atoms with van der Waals surface area (Å²) in [6.07, 6.45) is 0.499.